The Morgan fingerprint density at radius 1 is 1.70 bits per heavy atom. The van der Waals surface area contributed by atoms with Crippen LogP contribution in [0.15, 0.2) is 5.18 Å². The molecule has 4 nitrogen and oxygen atoms in total. The molecule has 58 valence electrons. The van der Waals surface area contributed by atoms with Gasteiger partial charge < -0.3 is 5.32 Å². The second kappa shape index (κ2) is 4.90. The number of hydrogen-bond donors (Lipinski definition) is 1. The highest BCUT2D eigenvalue weighted by Crippen LogP contribution is 1.84. The number of carbonyl (C=O) groups excluding carboxylic acids is 1. The van der Waals surface area contributed by atoms with Crippen LogP contribution in [0, 0.1) is 4.91 Å². The van der Waals surface area contributed by atoms with E-state index in [0.717, 1.165) is 0 Å². The highest BCUT2D eigenvalue weighted by atomic mass is 16.3. The van der Waals surface area contributed by atoms with Gasteiger partial charge in [-0.15, -0.1) is 0 Å². The molecule has 1 unspecified atom stereocenters. The number of rotatable bonds is 4. The fourth-order valence-electron chi connectivity index (χ4n) is 0.424. The van der Waals surface area contributed by atoms with Crippen molar-refractivity contribution in [3.63, 3.8) is 0 Å². The molecule has 0 saturated heterocycles. The molecule has 1 amide bonds. The molecule has 0 spiro atoms. The summed E-state index contributed by atoms with van der Waals surface area (Å²) in [6.45, 7) is 3.76. The third-order valence-corrected chi connectivity index (χ3v) is 1.10. The van der Waals surface area contributed by atoms with Crippen LogP contribution in [0.2, 0.25) is 0 Å². The maximum Gasteiger partial charge on any atom is 0.219 e. The van der Waals surface area contributed by atoms with Crippen molar-refractivity contribution in [2.45, 2.75) is 26.3 Å². The summed E-state index contributed by atoms with van der Waals surface area (Å²) in [6.07, 6.45) is 0.450. The van der Waals surface area contributed by atoms with Crippen LogP contribution in [0.3, 0.4) is 0 Å². The lowest BCUT2D eigenvalue weighted by Crippen LogP contribution is -2.28. The molecule has 0 bridgehead atoms. The van der Waals surface area contributed by atoms with Gasteiger partial charge in [-0.1, -0.05) is 12.1 Å². The van der Waals surface area contributed by atoms with Crippen molar-refractivity contribution in [2.24, 2.45) is 5.18 Å². The zero-order valence-corrected chi connectivity index (χ0v) is 6.26. The molecule has 0 radical (unpaired) electrons. The normalized spacial score (nSPS) is 12.2. The summed E-state index contributed by atoms with van der Waals surface area (Å²) < 4.78 is 0. The fraction of sp³-hybridized carbons (Fsp3) is 0.833. The van der Waals surface area contributed by atoms with Crippen molar-refractivity contribution in [1.82, 2.24) is 5.32 Å². The van der Waals surface area contributed by atoms with E-state index in [1.807, 2.05) is 0 Å². The molecule has 1 atom stereocenters. The molecule has 0 aromatic carbocycles. The van der Waals surface area contributed by atoms with Crippen molar-refractivity contribution in [2.75, 3.05) is 6.54 Å². The SMILES string of the molecule is CCC(=O)NCC(C)N=O. The standard InChI is InChI=1S/C6H12N2O2/c1-3-6(9)7-4-5(2)8-10/h5H,3-4H2,1-2H3,(H,7,9). The topological polar surface area (TPSA) is 58.5 Å². The van der Waals surface area contributed by atoms with Crippen molar-refractivity contribution in [3.05, 3.63) is 4.91 Å². The Hall–Kier alpha value is -0.930. The predicted octanol–water partition coefficient (Wildman–Crippen LogP) is 0.667. The number of nitroso groups, excluding NO2 is 1. The summed E-state index contributed by atoms with van der Waals surface area (Å²) in [5.74, 6) is -0.0458. The Kier molecular flexibility index (Phi) is 4.45. The zero-order chi connectivity index (χ0) is 7.98. The molecule has 0 saturated carbocycles. The van der Waals surface area contributed by atoms with Gasteiger partial charge in [-0.25, -0.2) is 0 Å². The van der Waals surface area contributed by atoms with Crippen LogP contribution in [-0.2, 0) is 4.79 Å². The number of carbonyl (C=O) groups is 1. The van der Waals surface area contributed by atoms with Crippen LogP contribution in [0.1, 0.15) is 20.3 Å². The van der Waals surface area contributed by atoms with Gasteiger partial charge in [-0.2, -0.15) is 4.91 Å². The Labute approximate surface area is 60.0 Å². The number of nitrogens with zero attached hydrogens (tertiary/aromatic N) is 1. The van der Waals surface area contributed by atoms with Crippen molar-refractivity contribution < 1.29 is 4.79 Å². The molecule has 0 fully saturated rings. The Bertz CT molecular complexity index is 125. The largest absolute Gasteiger partial charge is 0.354 e. The van der Waals surface area contributed by atoms with Crippen LogP contribution in [0.25, 0.3) is 0 Å². The van der Waals surface area contributed by atoms with Crippen molar-refractivity contribution in [1.29, 1.82) is 0 Å². The second-order valence-electron chi connectivity index (χ2n) is 2.11. The second-order valence-corrected chi connectivity index (χ2v) is 2.11. The molecular weight excluding hydrogens is 132 g/mol. The van der Waals surface area contributed by atoms with E-state index in [9.17, 15) is 9.70 Å². The van der Waals surface area contributed by atoms with Gasteiger partial charge in [0, 0.05) is 13.0 Å². The number of hydrogen-bond acceptors (Lipinski definition) is 3. The minimum absolute atomic E-state index is 0.0458. The van der Waals surface area contributed by atoms with E-state index in [-0.39, 0.29) is 11.9 Å². The van der Waals surface area contributed by atoms with Crippen LogP contribution >= 0.6 is 0 Å². The molecular formula is C6H12N2O2. The molecule has 0 aliphatic carbocycles. The molecule has 0 aliphatic rings. The Morgan fingerprint density at radius 3 is 2.70 bits per heavy atom. The van der Waals surface area contributed by atoms with Gasteiger partial charge in [-0.3, -0.25) is 4.79 Å². The van der Waals surface area contributed by atoms with E-state index in [4.69, 9.17) is 0 Å². The van der Waals surface area contributed by atoms with Gasteiger partial charge in [-0.05, 0) is 6.92 Å². The van der Waals surface area contributed by atoms with Crippen LogP contribution in [0.4, 0.5) is 0 Å². The average molecular weight is 144 g/mol. The van der Waals surface area contributed by atoms with Gasteiger partial charge in [0.25, 0.3) is 0 Å². The van der Waals surface area contributed by atoms with E-state index >= 15 is 0 Å². The molecule has 0 aromatic heterocycles. The quantitative estimate of drug-likeness (QED) is 0.589. The molecule has 4 heteroatoms. The van der Waals surface area contributed by atoms with E-state index in [2.05, 4.69) is 10.5 Å². The average Bonchev–Trinajstić information content (AvgIpc) is 1.99. The molecule has 0 rings (SSSR count). The van der Waals surface area contributed by atoms with Crippen molar-refractivity contribution >= 4 is 5.91 Å². The third kappa shape index (κ3) is 4.00. The summed E-state index contributed by atoms with van der Waals surface area (Å²) in [7, 11) is 0. The van der Waals surface area contributed by atoms with E-state index in [1.54, 1.807) is 13.8 Å². The Balaban J connectivity index is 3.34. The Morgan fingerprint density at radius 2 is 2.30 bits per heavy atom. The third-order valence-electron chi connectivity index (χ3n) is 1.10. The maximum absolute atomic E-state index is 10.6. The van der Waals surface area contributed by atoms with E-state index in [1.165, 1.54) is 0 Å². The number of nitrogens with one attached hydrogen (secondary N) is 1. The van der Waals surface area contributed by atoms with Crippen LogP contribution < -0.4 is 5.32 Å². The summed E-state index contributed by atoms with van der Waals surface area (Å²) in [4.78, 5) is 20.4. The van der Waals surface area contributed by atoms with Gasteiger partial charge in [0.15, 0.2) is 0 Å². The van der Waals surface area contributed by atoms with Crippen LogP contribution in [0.5, 0.6) is 0 Å². The minimum atomic E-state index is -0.324. The lowest BCUT2D eigenvalue weighted by atomic mass is 10.3. The van der Waals surface area contributed by atoms with Crippen molar-refractivity contribution in [3.8, 4) is 0 Å². The van der Waals surface area contributed by atoms with Gasteiger partial charge in [0.2, 0.25) is 5.91 Å². The lowest BCUT2D eigenvalue weighted by molar-refractivity contribution is -0.120. The summed E-state index contributed by atoms with van der Waals surface area (Å²) in [6, 6.07) is -0.324. The first kappa shape index (κ1) is 9.07. The molecule has 10 heavy (non-hydrogen) atoms. The first-order valence-corrected chi connectivity index (χ1v) is 3.29. The monoisotopic (exact) mass is 144 g/mol. The summed E-state index contributed by atoms with van der Waals surface area (Å²) >= 11 is 0. The maximum atomic E-state index is 10.6. The molecule has 0 heterocycles. The summed E-state index contributed by atoms with van der Waals surface area (Å²) in [5.41, 5.74) is 0. The lowest BCUT2D eigenvalue weighted by Gasteiger charge is -2.02. The zero-order valence-electron chi connectivity index (χ0n) is 6.26. The fourth-order valence-corrected chi connectivity index (χ4v) is 0.424. The highest BCUT2D eigenvalue weighted by molar-refractivity contribution is 5.75. The van der Waals surface area contributed by atoms with E-state index in [0.29, 0.717) is 13.0 Å². The highest BCUT2D eigenvalue weighted by Gasteiger charge is 2.01. The first-order valence-electron chi connectivity index (χ1n) is 3.29. The van der Waals surface area contributed by atoms with Gasteiger partial charge in [0.05, 0.1) is 0 Å². The van der Waals surface area contributed by atoms with E-state index < -0.39 is 0 Å². The summed E-state index contributed by atoms with van der Waals surface area (Å²) in [5, 5.41) is 5.28. The predicted molar refractivity (Wildman–Crippen MR) is 38.6 cm³/mol. The number of amides is 1. The van der Waals surface area contributed by atoms with Crippen LogP contribution in [-0.4, -0.2) is 18.5 Å². The molecule has 0 aromatic rings. The van der Waals surface area contributed by atoms with Gasteiger partial charge >= 0.3 is 0 Å². The molecule has 1 N–H and O–H groups in total. The van der Waals surface area contributed by atoms with Gasteiger partial charge in [0.1, 0.15) is 6.04 Å². The first-order chi connectivity index (χ1) is 4.70. The smallest absolute Gasteiger partial charge is 0.219 e. The molecule has 0 aliphatic heterocycles. The minimum Gasteiger partial charge on any atom is -0.354 e.